The minimum absolute atomic E-state index is 0.559. The summed E-state index contributed by atoms with van der Waals surface area (Å²) in [4.78, 5) is 1.54. The van der Waals surface area contributed by atoms with Gasteiger partial charge < -0.3 is 5.32 Å². The van der Waals surface area contributed by atoms with Crippen molar-refractivity contribution in [2.45, 2.75) is 62.8 Å². The van der Waals surface area contributed by atoms with Crippen LogP contribution in [0.1, 0.15) is 49.4 Å². The third-order valence-electron chi connectivity index (χ3n) is 4.48. The lowest BCUT2D eigenvalue weighted by Gasteiger charge is -2.38. The van der Waals surface area contributed by atoms with Gasteiger partial charge >= 0.3 is 0 Å². The van der Waals surface area contributed by atoms with Crippen LogP contribution in [0.2, 0.25) is 0 Å². The van der Waals surface area contributed by atoms with Crippen molar-refractivity contribution in [3.05, 3.63) is 28.8 Å². The van der Waals surface area contributed by atoms with Crippen LogP contribution in [-0.2, 0) is 0 Å². The fourth-order valence-corrected chi connectivity index (χ4v) is 4.33. The molecule has 0 radical (unpaired) electrons. The second kappa shape index (κ2) is 4.57. The first kappa shape index (κ1) is 12.6. The number of rotatable bonds is 2. The fraction of sp³-hybridized carbons (Fsp3) is 0.625. The number of benzene rings is 1. The molecule has 0 aromatic heterocycles. The van der Waals surface area contributed by atoms with Crippen LogP contribution in [0.4, 0.5) is 0 Å². The van der Waals surface area contributed by atoms with E-state index in [-0.39, 0.29) is 0 Å². The Morgan fingerprint density at radius 3 is 2.44 bits per heavy atom. The molecule has 3 unspecified atom stereocenters. The molecule has 1 fully saturated rings. The summed E-state index contributed by atoms with van der Waals surface area (Å²) in [5.74, 6) is 0.712. The van der Waals surface area contributed by atoms with E-state index in [0.717, 1.165) is 6.04 Å². The van der Waals surface area contributed by atoms with E-state index in [0.29, 0.717) is 17.2 Å². The Morgan fingerprint density at radius 1 is 1.11 bits per heavy atom. The lowest BCUT2D eigenvalue weighted by Crippen LogP contribution is -2.36. The Bertz CT molecular complexity index is 464. The Balaban J connectivity index is 2.05. The van der Waals surface area contributed by atoms with Gasteiger partial charge in [0.05, 0.1) is 0 Å². The van der Waals surface area contributed by atoms with Gasteiger partial charge in [0.25, 0.3) is 0 Å². The molecule has 1 aliphatic carbocycles. The molecule has 98 valence electrons. The first-order valence-electron chi connectivity index (χ1n) is 7.10. The highest BCUT2D eigenvalue weighted by atomic mass is 32.2. The van der Waals surface area contributed by atoms with Crippen molar-refractivity contribution in [1.29, 1.82) is 0 Å². The van der Waals surface area contributed by atoms with Gasteiger partial charge in [0.2, 0.25) is 0 Å². The quantitative estimate of drug-likeness (QED) is 0.855. The summed E-state index contributed by atoms with van der Waals surface area (Å²) in [5, 5.41) is 4.59. The minimum Gasteiger partial charge on any atom is -0.307 e. The van der Waals surface area contributed by atoms with Gasteiger partial charge in [0.1, 0.15) is 0 Å². The molecular weight excluding hydrogens is 238 g/mol. The number of hydrogen-bond donors (Lipinski definition) is 1. The standard InChI is InChI=1S/C16H23NS/c1-9-5-6-10(2)16-14(9)15(17-13-7-8-13)11(3)12(4)18-16/h5-6,11-13,15,17H,7-8H2,1-4H3. The zero-order chi connectivity index (χ0) is 12.9. The largest absolute Gasteiger partial charge is 0.307 e. The fourth-order valence-electron chi connectivity index (χ4n) is 2.92. The average molecular weight is 261 g/mol. The maximum absolute atomic E-state index is 3.88. The lowest BCUT2D eigenvalue weighted by molar-refractivity contribution is 0.368. The summed E-state index contributed by atoms with van der Waals surface area (Å²) in [6.45, 7) is 9.30. The smallest absolute Gasteiger partial charge is 0.0372 e. The van der Waals surface area contributed by atoms with Crippen LogP contribution in [-0.4, -0.2) is 11.3 Å². The van der Waals surface area contributed by atoms with E-state index in [2.05, 4.69) is 56.9 Å². The number of aryl methyl sites for hydroxylation is 2. The Labute approximate surface area is 115 Å². The van der Waals surface area contributed by atoms with Crippen LogP contribution >= 0.6 is 11.8 Å². The zero-order valence-corrected chi connectivity index (χ0v) is 12.6. The molecule has 1 saturated carbocycles. The molecule has 0 amide bonds. The summed E-state index contributed by atoms with van der Waals surface area (Å²) < 4.78 is 0. The molecule has 3 atom stereocenters. The van der Waals surface area contributed by atoms with Gasteiger partial charge in [-0.05, 0) is 49.3 Å². The van der Waals surface area contributed by atoms with Crippen molar-refractivity contribution in [2.24, 2.45) is 5.92 Å². The van der Waals surface area contributed by atoms with Gasteiger partial charge in [0, 0.05) is 22.2 Å². The van der Waals surface area contributed by atoms with Gasteiger partial charge in [-0.1, -0.05) is 26.0 Å². The lowest BCUT2D eigenvalue weighted by atomic mass is 9.87. The van der Waals surface area contributed by atoms with Crippen LogP contribution in [0.3, 0.4) is 0 Å². The van der Waals surface area contributed by atoms with E-state index < -0.39 is 0 Å². The van der Waals surface area contributed by atoms with Crippen molar-refractivity contribution in [3.8, 4) is 0 Å². The highest BCUT2D eigenvalue weighted by Gasteiger charge is 2.37. The summed E-state index contributed by atoms with van der Waals surface area (Å²) in [6, 6.07) is 5.90. The van der Waals surface area contributed by atoms with E-state index in [1.807, 2.05) is 0 Å². The van der Waals surface area contributed by atoms with E-state index in [9.17, 15) is 0 Å². The summed E-state index contributed by atoms with van der Waals surface area (Å²) in [7, 11) is 0. The van der Waals surface area contributed by atoms with Gasteiger partial charge in [0.15, 0.2) is 0 Å². The summed E-state index contributed by atoms with van der Waals surface area (Å²) in [5.41, 5.74) is 4.49. The third kappa shape index (κ3) is 2.10. The average Bonchev–Trinajstić information content (AvgIpc) is 3.14. The van der Waals surface area contributed by atoms with Crippen molar-refractivity contribution < 1.29 is 0 Å². The molecule has 1 heterocycles. The van der Waals surface area contributed by atoms with Crippen LogP contribution in [0, 0.1) is 19.8 Å². The molecule has 1 aromatic rings. The zero-order valence-electron chi connectivity index (χ0n) is 11.8. The second-order valence-electron chi connectivity index (χ2n) is 6.04. The molecule has 1 N–H and O–H groups in total. The van der Waals surface area contributed by atoms with Crippen LogP contribution < -0.4 is 5.32 Å². The van der Waals surface area contributed by atoms with Gasteiger partial charge in [-0.25, -0.2) is 0 Å². The topological polar surface area (TPSA) is 12.0 Å². The monoisotopic (exact) mass is 261 g/mol. The number of hydrogen-bond acceptors (Lipinski definition) is 2. The van der Waals surface area contributed by atoms with Gasteiger partial charge in [-0.15, -0.1) is 11.8 Å². The number of nitrogens with one attached hydrogen (secondary N) is 1. The molecule has 0 saturated heterocycles. The normalized spacial score (nSPS) is 31.2. The molecule has 2 aliphatic rings. The SMILES string of the molecule is Cc1ccc(C)c2c1SC(C)C(C)C2NC1CC1. The Kier molecular flexibility index (Phi) is 3.19. The Hall–Kier alpha value is -0.470. The molecular formula is C16H23NS. The summed E-state index contributed by atoms with van der Waals surface area (Å²) in [6.07, 6.45) is 2.73. The first-order chi connectivity index (χ1) is 8.58. The van der Waals surface area contributed by atoms with Gasteiger partial charge in [-0.2, -0.15) is 0 Å². The van der Waals surface area contributed by atoms with E-state index in [4.69, 9.17) is 0 Å². The third-order valence-corrected chi connectivity index (χ3v) is 6.06. The van der Waals surface area contributed by atoms with Crippen LogP contribution in [0.25, 0.3) is 0 Å². The molecule has 1 aliphatic heterocycles. The molecule has 2 heteroatoms. The molecule has 1 aromatic carbocycles. The van der Waals surface area contributed by atoms with Crippen LogP contribution in [0.15, 0.2) is 17.0 Å². The number of thioether (sulfide) groups is 1. The predicted octanol–water partition coefficient (Wildman–Crippen LogP) is 4.23. The van der Waals surface area contributed by atoms with Crippen molar-refractivity contribution in [1.82, 2.24) is 5.32 Å². The van der Waals surface area contributed by atoms with Gasteiger partial charge in [-0.3, -0.25) is 0 Å². The number of fused-ring (bicyclic) bond motifs is 1. The molecule has 18 heavy (non-hydrogen) atoms. The second-order valence-corrected chi connectivity index (χ2v) is 7.43. The maximum atomic E-state index is 3.88. The van der Waals surface area contributed by atoms with E-state index in [1.165, 1.54) is 24.0 Å². The summed E-state index contributed by atoms with van der Waals surface area (Å²) >= 11 is 2.07. The molecule has 1 nitrogen and oxygen atoms in total. The Morgan fingerprint density at radius 2 is 1.78 bits per heavy atom. The van der Waals surface area contributed by atoms with Crippen molar-refractivity contribution >= 4 is 11.8 Å². The first-order valence-corrected chi connectivity index (χ1v) is 7.98. The van der Waals surface area contributed by atoms with E-state index in [1.54, 1.807) is 10.5 Å². The van der Waals surface area contributed by atoms with Crippen molar-refractivity contribution in [3.63, 3.8) is 0 Å². The highest BCUT2D eigenvalue weighted by Crippen LogP contribution is 2.47. The minimum atomic E-state index is 0.559. The maximum Gasteiger partial charge on any atom is 0.0372 e. The molecule has 0 spiro atoms. The van der Waals surface area contributed by atoms with Crippen molar-refractivity contribution in [2.75, 3.05) is 0 Å². The molecule has 0 bridgehead atoms. The molecule has 3 rings (SSSR count). The highest BCUT2D eigenvalue weighted by molar-refractivity contribution is 8.00. The van der Waals surface area contributed by atoms with E-state index >= 15 is 0 Å². The van der Waals surface area contributed by atoms with Crippen LogP contribution in [0.5, 0.6) is 0 Å². The predicted molar refractivity (Wildman–Crippen MR) is 79.3 cm³/mol.